The molecule has 0 atom stereocenters. The first kappa shape index (κ1) is 32.1. The van der Waals surface area contributed by atoms with E-state index in [0.717, 1.165) is 0 Å². The highest BCUT2D eigenvalue weighted by Gasteiger charge is 2.29. The van der Waals surface area contributed by atoms with Crippen molar-refractivity contribution in [3.63, 3.8) is 0 Å². The van der Waals surface area contributed by atoms with Gasteiger partial charge < -0.3 is 19.3 Å². The highest BCUT2D eigenvalue weighted by Crippen LogP contribution is 2.35. The number of unbranched alkanes of at least 4 members (excludes halogenated alkanes) is 1. The number of nitrogens with zero attached hydrogens (tertiary/aromatic N) is 4. The quantitative estimate of drug-likeness (QED) is 0.173. The fraction of sp³-hybridized carbons (Fsp3) is 0.519. The Morgan fingerprint density at radius 3 is 2.41 bits per heavy atom. The summed E-state index contributed by atoms with van der Waals surface area (Å²) in [4.78, 5) is 51.2. The highest BCUT2D eigenvalue weighted by atomic mass is 31.2. The summed E-state index contributed by atoms with van der Waals surface area (Å²) in [6, 6.07) is 7.97. The van der Waals surface area contributed by atoms with Crippen molar-refractivity contribution in [3.05, 3.63) is 46.9 Å². The molecule has 0 aliphatic carbocycles. The fourth-order valence-electron chi connectivity index (χ4n) is 3.93. The van der Waals surface area contributed by atoms with E-state index in [2.05, 4.69) is 12.0 Å². The molecule has 0 radical (unpaired) electrons. The van der Waals surface area contributed by atoms with Crippen molar-refractivity contribution in [1.29, 1.82) is 0 Å². The fourth-order valence-corrected chi connectivity index (χ4v) is 4.57. The number of carbonyl (C=O) groups excluding carboxylic acids is 2. The van der Waals surface area contributed by atoms with E-state index in [1.54, 1.807) is 7.05 Å². The number of imidazole rings is 1. The first-order chi connectivity index (χ1) is 17.5. The molecule has 10 heteroatoms. The summed E-state index contributed by atoms with van der Waals surface area (Å²) in [5.74, 6) is 3.03. The zero-order chi connectivity index (χ0) is 28.2. The van der Waals surface area contributed by atoms with E-state index >= 15 is 0 Å². The van der Waals surface area contributed by atoms with Gasteiger partial charge in [-0.15, -0.1) is 6.42 Å². The Morgan fingerprint density at radius 2 is 1.86 bits per heavy atom. The van der Waals surface area contributed by atoms with E-state index in [-0.39, 0.29) is 49.1 Å². The van der Waals surface area contributed by atoms with E-state index < -0.39 is 7.60 Å². The molecule has 1 heterocycles. The summed E-state index contributed by atoms with van der Waals surface area (Å²) in [7, 11) is -2.52. The van der Waals surface area contributed by atoms with Crippen LogP contribution in [0.2, 0.25) is 0 Å². The predicted molar refractivity (Wildman–Crippen MR) is 148 cm³/mol. The number of hydrogen-bond donors (Lipinski definition) is 2. The van der Waals surface area contributed by atoms with Gasteiger partial charge in [-0.1, -0.05) is 44.0 Å². The van der Waals surface area contributed by atoms with E-state index in [9.17, 15) is 14.2 Å². The number of rotatable bonds is 13. The summed E-state index contributed by atoms with van der Waals surface area (Å²) in [6.07, 6.45) is 7.62. The molecule has 2 aromatic rings. The lowest BCUT2D eigenvalue weighted by Crippen LogP contribution is -2.32. The number of carbonyl (C=O) groups is 2. The number of terminal acetylenes is 1. The van der Waals surface area contributed by atoms with E-state index in [1.165, 1.54) is 20.9 Å². The maximum Gasteiger partial charge on any atom is 0.325 e. The monoisotopic (exact) mass is 532 g/mol. The molecular formula is C27H41N4O5P. The predicted octanol–water partition coefficient (Wildman–Crippen LogP) is 4.21. The zero-order valence-corrected chi connectivity index (χ0v) is 23.7. The molecule has 0 aliphatic heterocycles. The molecule has 0 saturated carbocycles. The van der Waals surface area contributed by atoms with Crippen molar-refractivity contribution < 1.29 is 23.9 Å². The van der Waals surface area contributed by atoms with Crippen molar-refractivity contribution in [3.8, 4) is 12.3 Å². The molecule has 37 heavy (non-hydrogen) atoms. The molecule has 0 fully saturated rings. The molecule has 2 rings (SSSR count). The zero-order valence-electron chi connectivity index (χ0n) is 22.8. The molecule has 0 bridgehead atoms. The van der Waals surface area contributed by atoms with Gasteiger partial charge in [0.25, 0.3) is 5.91 Å². The lowest BCUT2D eigenvalue weighted by atomic mass is 10.0. The summed E-state index contributed by atoms with van der Waals surface area (Å²) >= 11 is 0. The van der Waals surface area contributed by atoms with Gasteiger partial charge in [-0.25, -0.2) is 4.98 Å². The first-order valence-corrected chi connectivity index (χ1v) is 14.4. The van der Waals surface area contributed by atoms with Crippen molar-refractivity contribution in [2.45, 2.75) is 66.3 Å². The summed E-state index contributed by atoms with van der Waals surface area (Å²) < 4.78 is 13.0. The van der Waals surface area contributed by atoms with Gasteiger partial charge in [-0.3, -0.25) is 19.1 Å². The SMILES string of the molecule is C#CCN(C)C(=O)c1c(N(C=O)CCCCP(=O)(O)O)nc(CCc2ccccc2C)n1C(C)C.CC. The minimum atomic E-state index is -4.12. The number of hydrogen-bond acceptors (Lipinski definition) is 4. The van der Waals surface area contributed by atoms with Crippen LogP contribution < -0.4 is 4.90 Å². The highest BCUT2D eigenvalue weighted by molar-refractivity contribution is 7.51. The molecule has 1 aromatic carbocycles. The largest absolute Gasteiger partial charge is 0.329 e. The molecule has 0 aliphatic rings. The van der Waals surface area contributed by atoms with Crippen LogP contribution in [-0.4, -0.2) is 62.9 Å². The van der Waals surface area contributed by atoms with Crippen LogP contribution in [0.25, 0.3) is 0 Å². The average molecular weight is 533 g/mol. The second kappa shape index (κ2) is 15.4. The van der Waals surface area contributed by atoms with E-state index in [0.29, 0.717) is 31.5 Å². The summed E-state index contributed by atoms with van der Waals surface area (Å²) in [5.41, 5.74) is 2.62. The molecule has 204 valence electrons. The molecule has 0 saturated heterocycles. The molecule has 2 N–H and O–H groups in total. The van der Waals surface area contributed by atoms with E-state index in [1.807, 2.05) is 57.4 Å². The lowest BCUT2D eigenvalue weighted by molar-refractivity contribution is -0.107. The number of aromatic nitrogens is 2. The Kier molecular flexibility index (Phi) is 13.3. The third-order valence-corrected chi connectivity index (χ3v) is 6.64. The van der Waals surface area contributed by atoms with Crippen LogP contribution in [0.4, 0.5) is 5.82 Å². The number of amides is 2. The Morgan fingerprint density at radius 1 is 1.22 bits per heavy atom. The number of aryl methyl sites for hydroxylation is 3. The van der Waals surface area contributed by atoms with Crippen LogP contribution in [0.3, 0.4) is 0 Å². The van der Waals surface area contributed by atoms with Crippen molar-refractivity contribution in [2.75, 3.05) is 31.2 Å². The van der Waals surface area contributed by atoms with Crippen LogP contribution in [0, 0.1) is 19.3 Å². The normalized spacial score (nSPS) is 10.9. The van der Waals surface area contributed by atoms with Gasteiger partial charge in [-0.2, -0.15) is 0 Å². The van der Waals surface area contributed by atoms with Crippen LogP contribution >= 0.6 is 7.60 Å². The smallest absolute Gasteiger partial charge is 0.325 e. The van der Waals surface area contributed by atoms with Crippen LogP contribution in [0.5, 0.6) is 0 Å². The Balaban J connectivity index is 0.00000334. The topological polar surface area (TPSA) is 116 Å². The van der Waals surface area contributed by atoms with E-state index in [4.69, 9.17) is 21.2 Å². The third kappa shape index (κ3) is 9.47. The minimum Gasteiger partial charge on any atom is -0.329 e. The molecule has 2 amide bonds. The Labute approximate surface area is 221 Å². The van der Waals surface area contributed by atoms with Gasteiger partial charge in [0.05, 0.1) is 6.54 Å². The Bertz CT molecular complexity index is 1120. The summed E-state index contributed by atoms with van der Waals surface area (Å²) in [5, 5.41) is 0. The van der Waals surface area contributed by atoms with Crippen molar-refractivity contribution >= 4 is 25.7 Å². The van der Waals surface area contributed by atoms with Crippen molar-refractivity contribution in [1.82, 2.24) is 14.5 Å². The van der Waals surface area contributed by atoms with Gasteiger partial charge >= 0.3 is 7.60 Å². The summed E-state index contributed by atoms with van der Waals surface area (Å²) in [6.45, 7) is 10.2. The van der Waals surface area contributed by atoms with Crippen LogP contribution in [0.15, 0.2) is 24.3 Å². The maximum absolute atomic E-state index is 13.4. The van der Waals surface area contributed by atoms with Gasteiger partial charge in [-0.05, 0) is 51.2 Å². The van der Waals surface area contributed by atoms with Gasteiger partial charge in [0.1, 0.15) is 5.82 Å². The molecule has 0 spiro atoms. The van der Waals surface area contributed by atoms with Gasteiger partial charge in [0.2, 0.25) is 6.41 Å². The van der Waals surface area contributed by atoms with Gasteiger partial charge in [0, 0.05) is 32.2 Å². The molecular weight excluding hydrogens is 491 g/mol. The van der Waals surface area contributed by atoms with Crippen LogP contribution in [-0.2, 0) is 22.2 Å². The second-order valence-electron chi connectivity index (χ2n) is 8.85. The standard InChI is InChI=1S/C25H35N4O5P.C2H6/c1-6-15-27(5)25(31)23-24(28(18-30)16-9-10-17-35(32,33)34)26-22(29(23)19(2)3)14-13-21-12-8-7-11-20(21)4;1-2/h1,7-8,11-12,18-19H,9-10,13-17H2,2-5H3,(H2,32,33,34);1-2H3. The van der Waals surface area contributed by atoms with Crippen LogP contribution in [0.1, 0.15) is 74.0 Å². The number of anilines is 1. The lowest BCUT2D eigenvalue weighted by Gasteiger charge is -2.22. The first-order valence-electron chi connectivity index (χ1n) is 12.6. The van der Waals surface area contributed by atoms with Crippen molar-refractivity contribution in [2.24, 2.45) is 0 Å². The Hall–Kier alpha value is -2.92. The average Bonchev–Trinajstić information content (AvgIpc) is 3.23. The molecule has 1 aromatic heterocycles. The molecule has 9 nitrogen and oxygen atoms in total. The third-order valence-electron chi connectivity index (χ3n) is 5.74. The maximum atomic E-state index is 13.4. The second-order valence-corrected chi connectivity index (χ2v) is 10.6. The van der Waals surface area contributed by atoms with Gasteiger partial charge in [0.15, 0.2) is 11.5 Å². The molecule has 0 unspecified atom stereocenters. The minimum absolute atomic E-state index is 0.101. The number of benzene rings is 1.